The van der Waals surface area contributed by atoms with Gasteiger partial charge in [-0.2, -0.15) is 5.10 Å². The summed E-state index contributed by atoms with van der Waals surface area (Å²) in [5, 5.41) is 4.19. The van der Waals surface area contributed by atoms with Crippen molar-refractivity contribution in [3.8, 4) is 11.1 Å². The smallest absolute Gasteiger partial charge is 0.273 e. The first kappa shape index (κ1) is 15.3. The Hall–Kier alpha value is -2.22. The highest BCUT2D eigenvalue weighted by atomic mass is 127. The van der Waals surface area contributed by atoms with Gasteiger partial charge in [-0.15, -0.1) is 0 Å². The summed E-state index contributed by atoms with van der Waals surface area (Å²) >= 11 is 2.14. The van der Waals surface area contributed by atoms with E-state index in [2.05, 4.69) is 56.9 Å². The van der Waals surface area contributed by atoms with Gasteiger partial charge in [-0.05, 0) is 39.8 Å². The molecule has 1 amide bonds. The van der Waals surface area contributed by atoms with Gasteiger partial charge >= 0.3 is 0 Å². The summed E-state index contributed by atoms with van der Waals surface area (Å²) in [6, 6.07) is 12.2. The van der Waals surface area contributed by atoms with E-state index in [9.17, 15) is 4.79 Å². The first-order valence-corrected chi connectivity index (χ1v) is 8.71. The van der Waals surface area contributed by atoms with Crippen molar-refractivity contribution in [2.75, 3.05) is 0 Å². The molecule has 0 unspecified atom stereocenters. The molecule has 1 aliphatic rings. The molecule has 0 atom stereocenters. The minimum Gasteiger partial charge on any atom is -0.329 e. The minimum absolute atomic E-state index is 0.0138. The first-order chi connectivity index (χ1) is 11.6. The number of aryl methyl sites for hydroxylation is 1. The number of nitrogens with zero attached hydrogens (tertiary/aromatic N) is 4. The fourth-order valence-corrected chi connectivity index (χ4v) is 3.35. The van der Waals surface area contributed by atoms with Crippen molar-refractivity contribution in [1.29, 1.82) is 0 Å². The second-order valence-electron chi connectivity index (χ2n) is 5.90. The number of halogens is 1. The molecule has 3 aromatic rings. The third kappa shape index (κ3) is 2.82. The van der Waals surface area contributed by atoms with Crippen LogP contribution in [0, 0.1) is 3.70 Å². The van der Waals surface area contributed by atoms with Crippen LogP contribution in [0.1, 0.15) is 21.6 Å². The van der Waals surface area contributed by atoms with E-state index < -0.39 is 0 Å². The van der Waals surface area contributed by atoms with Crippen LogP contribution < -0.4 is 0 Å². The maximum Gasteiger partial charge on any atom is 0.273 e. The van der Waals surface area contributed by atoms with Crippen LogP contribution in [0.5, 0.6) is 0 Å². The first-order valence-electron chi connectivity index (χ1n) is 7.63. The Labute approximate surface area is 153 Å². The molecular formula is C18H15IN4O. The van der Waals surface area contributed by atoms with Crippen molar-refractivity contribution < 1.29 is 4.79 Å². The zero-order valence-electron chi connectivity index (χ0n) is 13.1. The predicted octanol–water partition coefficient (Wildman–Crippen LogP) is 3.24. The van der Waals surface area contributed by atoms with Gasteiger partial charge in [0.1, 0.15) is 9.39 Å². The van der Waals surface area contributed by atoms with E-state index in [1.165, 1.54) is 0 Å². The summed E-state index contributed by atoms with van der Waals surface area (Å²) in [5.41, 5.74) is 4.92. The van der Waals surface area contributed by atoms with Crippen LogP contribution >= 0.6 is 22.6 Å². The number of hydrogen-bond donors (Lipinski definition) is 0. The lowest BCUT2D eigenvalue weighted by molar-refractivity contribution is 0.0762. The van der Waals surface area contributed by atoms with Crippen LogP contribution in [-0.4, -0.2) is 25.6 Å². The van der Waals surface area contributed by atoms with Crippen LogP contribution in [0.15, 0.2) is 48.8 Å². The fraction of sp³-hybridized carbons (Fsp3) is 0.167. The van der Waals surface area contributed by atoms with Crippen molar-refractivity contribution in [1.82, 2.24) is 19.7 Å². The van der Waals surface area contributed by atoms with Gasteiger partial charge in [0.15, 0.2) is 0 Å². The summed E-state index contributed by atoms with van der Waals surface area (Å²) in [7, 11) is 1.91. The van der Waals surface area contributed by atoms with Crippen molar-refractivity contribution in [2.24, 2.45) is 7.05 Å². The molecule has 1 aromatic carbocycles. The van der Waals surface area contributed by atoms with E-state index in [0.29, 0.717) is 18.8 Å². The number of amides is 1. The average Bonchev–Trinajstić information content (AvgIpc) is 3.13. The Bertz CT molecular complexity index is 917. The Morgan fingerprint density at radius 1 is 1.12 bits per heavy atom. The lowest BCUT2D eigenvalue weighted by Crippen LogP contribution is -2.23. The highest BCUT2D eigenvalue weighted by molar-refractivity contribution is 14.1. The molecule has 0 aliphatic carbocycles. The van der Waals surface area contributed by atoms with Gasteiger partial charge in [-0.3, -0.25) is 9.48 Å². The van der Waals surface area contributed by atoms with Crippen LogP contribution in [0.3, 0.4) is 0 Å². The second kappa shape index (κ2) is 6.01. The van der Waals surface area contributed by atoms with E-state index >= 15 is 0 Å². The number of fused-ring (bicyclic) bond motifs is 1. The quantitative estimate of drug-likeness (QED) is 0.474. The molecule has 1 aliphatic heterocycles. The molecule has 5 nitrogen and oxygen atoms in total. The zero-order valence-corrected chi connectivity index (χ0v) is 15.3. The maximum atomic E-state index is 12.5. The van der Waals surface area contributed by atoms with E-state index in [1.54, 1.807) is 4.68 Å². The van der Waals surface area contributed by atoms with Gasteiger partial charge in [0.25, 0.3) is 5.91 Å². The fourth-order valence-electron chi connectivity index (χ4n) is 2.93. The number of benzene rings is 1. The van der Waals surface area contributed by atoms with E-state index in [4.69, 9.17) is 0 Å². The van der Waals surface area contributed by atoms with Gasteiger partial charge in [0, 0.05) is 37.5 Å². The van der Waals surface area contributed by atoms with Crippen LogP contribution in [-0.2, 0) is 20.1 Å². The second-order valence-corrected chi connectivity index (χ2v) is 7.01. The molecule has 0 N–H and O–H groups in total. The number of pyridine rings is 1. The largest absolute Gasteiger partial charge is 0.329 e. The van der Waals surface area contributed by atoms with Crippen LogP contribution in [0.25, 0.3) is 11.1 Å². The Morgan fingerprint density at radius 3 is 2.62 bits per heavy atom. The molecule has 120 valence electrons. The van der Waals surface area contributed by atoms with Crippen molar-refractivity contribution >= 4 is 28.5 Å². The molecule has 0 saturated carbocycles. The number of aromatic nitrogens is 3. The molecule has 0 spiro atoms. The lowest BCUT2D eigenvalue weighted by atomic mass is 10.1. The number of carbonyl (C=O) groups excluding carboxylic acids is 1. The van der Waals surface area contributed by atoms with E-state index in [0.717, 1.165) is 26.0 Å². The molecular weight excluding hydrogens is 415 g/mol. The number of hydrogen-bond acceptors (Lipinski definition) is 3. The van der Waals surface area contributed by atoms with Gasteiger partial charge in [0.2, 0.25) is 0 Å². The Balaban J connectivity index is 1.51. The van der Waals surface area contributed by atoms with Gasteiger partial charge in [-0.1, -0.05) is 30.3 Å². The molecule has 6 heteroatoms. The highest BCUT2D eigenvalue weighted by Crippen LogP contribution is 2.25. The normalized spacial score (nSPS) is 13.4. The van der Waals surface area contributed by atoms with Crippen molar-refractivity contribution in [3.63, 3.8) is 0 Å². The molecule has 0 bridgehead atoms. The Morgan fingerprint density at radius 2 is 1.92 bits per heavy atom. The summed E-state index contributed by atoms with van der Waals surface area (Å²) in [6.07, 6.45) is 3.84. The van der Waals surface area contributed by atoms with Crippen LogP contribution in [0.2, 0.25) is 0 Å². The summed E-state index contributed by atoms with van der Waals surface area (Å²) in [6.45, 7) is 1.22. The molecule has 4 rings (SSSR count). The predicted molar refractivity (Wildman–Crippen MR) is 99.2 cm³/mol. The molecule has 0 radical (unpaired) electrons. The standard InChI is InChI=1S/C18H15IN4O/c1-22-10-15(8-20-22)13-4-2-12(3-5-13)9-23-11-14-6-7-16(19)21-17(14)18(23)24/h2-8,10H,9,11H2,1H3. The highest BCUT2D eigenvalue weighted by Gasteiger charge is 2.28. The summed E-state index contributed by atoms with van der Waals surface area (Å²) in [4.78, 5) is 18.7. The molecule has 2 aromatic heterocycles. The third-order valence-corrected chi connectivity index (χ3v) is 4.76. The SMILES string of the molecule is Cn1cc(-c2ccc(CN3Cc4ccc(I)nc4C3=O)cc2)cn1. The average molecular weight is 430 g/mol. The number of rotatable bonds is 3. The minimum atomic E-state index is 0.0138. The topological polar surface area (TPSA) is 51.0 Å². The lowest BCUT2D eigenvalue weighted by Gasteiger charge is -2.15. The third-order valence-electron chi connectivity index (χ3n) is 4.16. The Kier molecular flexibility index (Phi) is 3.84. The molecule has 0 saturated heterocycles. The van der Waals surface area contributed by atoms with E-state index in [1.807, 2.05) is 36.5 Å². The summed E-state index contributed by atoms with van der Waals surface area (Å²) in [5.74, 6) is 0.0138. The van der Waals surface area contributed by atoms with Gasteiger partial charge in [0.05, 0.1) is 6.20 Å². The molecule has 3 heterocycles. The zero-order chi connectivity index (χ0) is 16.7. The van der Waals surface area contributed by atoms with E-state index in [-0.39, 0.29) is 5.91 Å². The van der Waals surface area contributed by atoms with Crippen molar-refractivity contribution in [3.05, 3.63) is 69.3 Å². The van der Waals surface area contributed by atoms with Crippen molar-refractivity contribution in [2.45, 2.75) is 13.1 Å². The van der Waals surface area contributed by atoms with Crippen LogP contribution in [0.4, 0.5) is 0 Å². The summed E-state index contributed by atoms with van der Waals surface area (Å²) < 4.78 is 2.64. The number of carbonyl (C=O) groups is 1. The molecule has 24 heavy (non-hydrogen) atoms. The monoisotopic (exact) mass is 430 g/mol. The maximum absolute atomic E-state index is 12.5. The van der Waals surface area contributed by atoms with Gasteiger partial charge < -0.3 is 4.90 Å². The molecule has 0 fully saturated rings. The van der Waals surface area contributed by atoms with Gasteiger partial charge in [-0.25, -0.2) is 4.98 Å².